The number of carbonyl (C=O) groups is 3. The Balaban J connectivity index is 2.85. The molecule has 1 heterocycles. The van der Waals surface area contributed by atoms with Crippen LogP contribution in [0.5, 0.6) is 0 Å². The van der Waals surface area contributed by atoms with Crippen molar-refractivity contribution in [2.75, 3.05) is 19.8 Å². The lowest BCUT2D eigenvalue weighted by Gasteiger charge is -2.32. The van der Waals surface area contributed by atoms with Crippen LogP contribution in [-0.2, 0) is 34.8 Å². The largest absolute Gasteiger partial charge is 0.466 e. The average molecular weight is 469 g/mol. The van der Waals surface area contributed by atoms with Crippen LogP contribution in [0.15, 0.2) is 46.8 Å². The molecule has 1 aromatic rings. The normalized spacial score (nSPS) is 16.3. The van der Waals surface area contributed by atoms with Gasteiger partial charge in [0.2, 0.25) is 0 Å². The SMILES string of the molecule is CCOC(=O)CC1=C(C(=O)OCC)C(c2ccccc2C(F)(F)F)C(C(=O)OCC)=C(C)N1. The highest BCUT2D eigenvalue weighted by Gasteiger charge is 2.44. The van der Waals surface area contributed by atoms with E-state index in [0.717, 1.165) is 6.07 Å². The number of hydrogen-bond acceptors (Lipinski definition) is 7. The molecule has 0 aromatic heterocycles. The molecule has 0 spiro atoms. The number of allylic oxidation sites excluding steroid dienone is 1. The number of dihydropyridines is 1. The van der Waals surface area contributed by atoms with Crippen LogP contribution in [0.25, 0.3) is 0 Å². The van der Waals surface area contributed by atoms with Crippen LogP contribution in [0, 0.1) is 0 Å². The number of rotatable bonds is 8. The van der Waals surface area contributed by atoms with Crippen molar-refractivity contribution < 1.29 is 41.8 Å². The van der Waals surface area contributed by atoms with Crippen LogP contribution in [0.1, 0.15) is 51.2 Å². The lowest BCUT2D eigenvalue weighted by atomic mass is 9.78. The van der Waals surface area contributed by atoms with E-state index in [1.54, 1.807) is 13.8 Å². The number of esters is 3. The Morgan fingerprint density at radius 3 is 2.00 bits per heavy atom. The molecule has 33 heavy (non-hydrogen) atoms. The van der Waals surface area contributed by atoms with Crippen LogP contribution >= 0.6 is 0 Å². The van der Waals surface area contributed by atoms with Gasteiger partial charge in [-0.3, -0.25) is 4.79 Å². The first-order valence-corrected chi connectivity index (χ1v) is 10.4. The quantitative estimate of drug-likeness (QED) is 0.455. The van der Waals surface area contributed by atoms with E-state index in [9.17, 15) is 27.6 Å². The zero-order valence-corrected chi connectivity index (χ0v) is 18.8. The molecule has 0 saturated heterocycles. The molecule has 2 rings (SSSR count). The molecule has 7 nitrogen and oxygen atoms in total. The summed E-state index contributed by atoms with van der Waals surface area (Å²) in [5.41, 5.74) is -1.66. The average Bonchev–Trinajstić information content (AvgIpc) is 2.73. The van der Waals surface area contributed by atoms with E-state index in [0.29, 0.717) is 0 Å². The third-order valence-corrected chi connectivity index (χ3v) is 4.84. The van der Waals surface area contributed by atoms with Crippen molar-refractivity contribution >= 4 is 17.9 Å². The summed E-state index contributed by atoms with van der Waals surface area (Å²) in [5.74, 6) is -4.02. The van der Waals surface area contributed by atoms with E-state index in [-0.39, 0.29) is 47.9 Å². The van der Waals surface area contributed by atoms with E-state index >= 15 is 0 Å². The highest BCUT2D eigenvalue weighted by molar-refractivity contribution is 6.00. The second-order valence-corrected chi connectivity index (χ2v) is 7.00. The lowest BCUT2D eigenvalue weighted by Crippen LogP contribution is -2.35. The molecule has 0 saturated carbocycles. The summed E-state index contributed by atoms with van der Waals surface area (Å²) >= 11 is 0. The van der Waals surface area contributed by atoms with Crippen molar-refractivity contribution in [1.29, 1.82) is 0 Å². The van der Waals surface area contributed by atoms with Gasteiger partial charge in [0.1, 0.15) is 0 Å². The molecule has 1 N–H and O–H groups in total. The van der Waals surface area contributed by atoms with Gasteiger partial charge in [0, 0.05) is 11.4 Å². The zero-order chi connectivity index (χ0) is 24.8. The first-order valence-electron chi connectivity index (χ1n) is 10.4. The summed E-state index contributed by atoms with van der Waals surface area (Å²) in [6, 6.07) is 4.63. The zero-order valence-electron chi connectivity index (χ0n) is 18.8. The van der Waals surface area contributed by atoms with Gasteiger partial charge >= 0.3 is 24.1 Å². The monoisotopic (exact) mass is 469 g/mol. The van der Waals surface area contributed by atoms with E-state index < -0.39 is 42.0 Å². The minimum Gasteiger partial charge on any atom is -0.466 e. The number of halogens is 3. The van der Waals surface area contributed by atoms with Crippen molar-refractivity contribution in [2.24, 2.45) is 0 Å². The molecular weight excluding hydrogens is 443 g/mol. The van der Waals surface area contributed by atoms with Gasteiger partial charge in [-0.15, -0.1) is 0 Å². The predicted molar refractivity (Wildman–Crippen MR) is 112 cm³/mol. The van der Waals surface area contributed by atoms with Crippen LogP contribution in [-0.4, -0.2) is 37.7 Å². The Labute approximate surface area is 189 Å². The molecule has 1 aliphatic rings. The fourth-order valence-corrected chi connectivity index (χ4v) is 3.64. The van der Waals surface area contributed by atoms with Gasteiger partial charge < -0.3 is 19.5 Å². The van der Waals surface area contributed by atoms with E-state index in [1.807, 2.05) is 0 Å². The molecule has 0 bridgehead atoms. The summed E-state index contributed by atoms with van der Waals surface area (Å²) in [7, 11) is 0. The maximum atomic E-state index is 13.9. The second kappa shape index (κ2) is 11.0. The van der Waals surface area contributed by atoms with Crippen LogP contribution in [0.4, 0.5) is 13.2 Å². The number of hydrogen-bond donors (Lipinski definition) is 1. The van der Waals surface area contributed by atoms with Gasteiger partial charge in [-0.25, -0.2) is 9.59 Å². The highest BCUT2D eigenvalue weighted by atomic mass is 19.4. The molecule has 180 valence electrons. The van der Waals surface area contributed by atoms with Gasteiger partial charge in [-0.05, 0) is 39.3 Å². The van der Waals surface area contributed by atoms with Crippen LogP contribution in [0.2, 0.25) is 0 Å². The molecule has 0 fully saturated rings. The van der Waals surface area contributed by atoms with Gasteiger partial charge in [0.05, 0.1) is 48.9 Å². The Bertz CT molecular complexity index is 981. The second-order valence-electron chi connectivity index (χ2n) is 7.00. The highest BCUT2D eigenvalue weighted by Crippen LogP contribution is 2.44. The Morgan fingerprint density at radius 1 is 0.909 bits per heavy atom. The minimum atomic E-state index is -4.77. The van der Waals surface area contributed by atoms with Crippen LogP contribution < -0.4 is 5.32 Å². The number of nitrogens with one attached hydrogen (secondary N) is 1. The van der Waals surface area contributed by atoms with Gasteiger partial charge in [-0.1, -0.05) is 18.2 Å². The van der Waals surface area contributed by atoms with Gasteiger partial charge in [0.25, 0.3) is 0 Å². The van der Waals surface area contributed by atoms with Crippen LogP contribution in [0.3, 0.4) is 0 Å². The summed E-state index contributed by atoms with van der Waals surface area (Å²) in [5, 5.41) is 2.82. The molecule has 1 atom stereocenters. The number of benzene rings is 1. The van der Waals surface area contributed by atoms with Crippen molar-refractivity contribution in [1.82, 2.24) is 5.32 Å². The van der Waals surface area contributed by atoms with E-state index in [4.69, 9.17) is 14.2 Å². The van der Waals surface area contributed by atoms with Gasteiger partial charge in [-0.2, -0.15) is 13.2 Å². The molecule has 1 aromatic carbocycles. The molecule has 0 aliphatic carbocycles. The molecule has 1 aliphatic heterocycles. The molecule has 0 radical (unpaired) electrons. The van der Waals surface area contributed by atoms with Crippen molar-refractivity contribution in [3.05, 3.63) is 57.9 Å². The Hall–Kier alpha value is -3.30. The molecule has 0 amide bonds. The topological polar surface area (TPSA) is 90.9 Å². The summed E-state index contributed by atoms with van der Waals surface area (Å²) in [4.78, 5) is 38.0. The minimum absolute atomic E-state index is 0.000531. The van der Waals surface area contributed by atoms with E-state index in [1.165, 1.54) is 32.0 Å². The fraction of sp³-hybridized carbons (Fsp3) is 0.435. The number of alkyl halides is 3. The summed E-state index contributed by atoms with van der Waals surface area (Å²) in [6.45, 7) is 6.12. The molecule has 1 unspecified atom stereocenters. The first kappa shape index (κ1) is 26.0. The number of carbonyl (C=O) groups excluding carboxylic acids is 3. The predicted octanol–water partition coefficient (Wildman–Crippen LogP) is 4.00. The van der Waals surface area contributed by atoms with E-state index in [2.05, 4.69) is 5.32 Å². The van der Waals surface area contributed by atoms with Crippen molar-refractivity contribution in [3.8, 4) is 0 Å². The van der Waals surface area contributed by atoms with Crippen molar-refractivity contribution in [3.63, 3.8) is 0 Å². The van der Waals surface area contributed by atoms with Gasteiger partial charge in [0.15, 0.2) is 0 Å². The smallest absolute Gasteiger partial charge is 0.416 e. The fourth-order valence-electron chi connectivity index (χ4n) is 3.64. The first-order chi connectivity index (χ1) is 15.6. The lowest BCUT2D eigenvalue weighted by molar-refractivity contribution is -0.142. The maximum absolute atomic E-state index is 13.9. The third kappa shape index (κ3) is 5.94. The van der Waals surface area contributed by atoms with Crippen molar-refractivity contribution in [2.45, 2.75) is 46.2 Å². The maximum Gasteiger partial charge on any atom is 0.416 e. The standard InChI is InChI=1S/C23H26F3NO6/c1-5-31-17(28)12-16-20(22(30)33-7-3)19(18(13(4)27-16)21(29)32-6-2)14-10-8-9-11-15(14)23(24,25)26/h8-11,19,27H,5-7,12H2,1-4H3. The molecular formula is C23H26F3NO6. The summed E-state index contributed by atoms with van der Waals surface area (Å²) in [6.07, 6.45) is -5.20. The third-order valence-electron chi connectivity index (χ3n) is 4.84. The Morgan fingerprint density at radius 2 is 1.45 bits per heavy atom. The Kier molecular flexibility index (Phi) is 8.67. The molecule has 10 heteroatoms. The summed E-state index contributed by atoms with van der Waals surface area (Å²) < 4.78 is 56.9. The number of ether oxygens (including phenoxy) is 3.